The predicted octanol–water partition coefficient (Wildman–Crippen LogP) is -0.278. The minimum Gasteiger partial charge on any atom is -0.385 e. The molecule has 2 heterocycles. The van der Waals surface area contributed by atoms with Gasteiger partial charge >= 0.3 is 5.69 Å². The number of methoxy groups -OCH3 is 1. The first-order valence-corrected chi connectivity index (χ1v) is 7.30. The molecule has 0 aliphatic heterocycles. The van der Waals surface area contributed by atoms with Crippen LogP contribution in [0.4, 0.5) is 5.95 Å². The summed E-state index contributed by atoms with van der Waals surface area (Å²) in [6.45, 7) is 5.42. The lowest BCUT2D eigenvalue weighted by Crippen LogP contribution is -2.40. The molecule has 0 amide bonds. The zero-order valence-corrected chi connectivity index (χ0v) is 13.1. The van der Waals surface area contributed by atoms with E-state index in [1.54, 1.807) is 18.6 Å². The molecule has 0 saturated heterocycles. The van der Waals surface area contributed by atoms with Crippen molar-refractivity contribution >= 4 is 17.1 Å². The molecule has 3 N–H and O–H groups in total. The van der Waals surface area contributed by atoms with Crippen molar-refractivity contribution in [3.05, 3.63) is 20.8 Å². The quantitative estimate of drug-likeness (QED) is 0.414. The van der Waals surface area contributed by atoms with Crippen molar-refractivity contribution in [2.24, 2.45) is 5.84 Å². The second-order valence-corrected chi connectivity index (χ2v) is 4.83. The van der Waals surface area contributed by atoms with Crippen LogP contribution in [0.5, 0.6) is 0 Å². The van der Waals surface area contributed by atoms with Gasteiger partial charge in [0.25, 0.3) is 5.56 Å². The van der Waals surface area contributed by atoms with Gasteiger partial charge in [-0.1, -0.05) is 0 Å². The molecular weight excluding hydrogens is 288 g/mol. The molecule has 0 spiro atoms. The fourth-order valence-corrected chi connectivity index (χ4v) is 2.56. The number of nitrogens with two attached hydrogens (primary N) is 1. The van der Waals surface area contributed by atoms with Crippen LogP contribution in [0.3, 0.4) is 0 Å². The Kier molecular flexibility index (Phi) is 4.99. The van der Waals surface area contributed by atoms with E-state index in [0.717, 1.165) is 0 Å². The van der Waals surface area contributed by atoms with Crippen LogP contribution in [0, 0.1) is 0 Å². The number of hydrogen-bond acceptors (Lipinski definition) is 6. The second kappa shape index (κ2) is 6.75. The Morgan fingerprint density at radius 2 is 1.86 bits per heavy atom. The van der Waals surface area contributed by atoms with Gasteiger partial charge in [-0.2, -0.15) is 4.98 Å². The molecule has 0 aliphatic rings. The normalized spacial score (nSPS) is 11.3. The topological polar surface area (TPSA) is 109 Å². The molecule has 0 radical (unpaired) electrons. The van der Waals surface area contributed by atoms with Crippen LogP contribution in [-0.4, -0.2) is 32.4 Å². The Morgan fingerprint density at radius 1 is 1.18 bits per heavy atom. The summed E-state index contributed by atoms with van der Waals surface area (Å²) in [5.74, 6) is 5.84. The monoisotopic (exact) mass is 310 g/mol. The van der Waals surface area contributed by atoms with Gasteiger partial charge in [0.05, 0.1) is 0 Å². The fraction of sp³-hybridized carbons (Fsp3) is 0.615. The summed E-state index contributed by atoms with van der Waals surface area (Å²) < 4.78 is 9.42. The zero-order valence-electron chi connectivity index (χ0n) is 13.1. The lowest BCUT2D eigenvalue weighted by molar-refractivity contribution is 0.190. The first-order chi connectivity index (χ1) is 10.6. The van der Waals surface area contributed by atoms with E-state index in [4.69, 9.17) is 10.6 Å². The maximum absolute atomic E-state index is 12.6. The van der Waals surface area contributed by atoms with Gasteiger partial charge in [0.15, 0.2) is 11.2 Å². The summed E-state index contributed by atoms with van der Waals surface area (Å²) in [5, 5.41) is 0. The average Bonchev–Trinajstić information content (AvgIpc) is 2.89. The third-order valence-electron chi connectivity index (χ3n) is 3.61. The van der Waals surface area contributed by atoms with E-state index >= 15 is 0 Å². The van der Waals surface area contributed by atoms with E-state index in [-0.39, 0.29) is 11.2 Å². The first kappa shape index (κ1) is 16.2. The van der Waals surface area contributed by atoms with E-state index in [9.17, 15) is 9.59 Å². The van der Waals surface area contributed by atoms with Gasteiger partial charge in [-0.3, -0.25) is 19.4 Å². The van der Waals surface area contributed by atoms with E-state index in [1.165, 1.54) is 9.13 Å². The number of imidazole rings is 1. The molecule has 0 fully saturated rings. The number of fused-ring (bicyclic) bond motifs is 1. The lowest BCUT2D eigenvalue weighted by Gasteiger charge is -2.10. The van der Waals surface area contributed by atoms with Crippen molar-refractivity contribution in [3.8, 4) is 0 Å². The highest BCUT2D eigenvalue weighted by Crippen LogP contribution is 2.15. The van der Waals surface area contributed by atoms with Crippen molar-refractivity contribution in [3.63, 3.8) is 0 Å². The smallest absolute Gasteiger partial charge is 0.332 e. The van der Waals surface area contributed by atoms with Crippen molar-refractivity contribution in [1.29, 1.82) is 0 Å². The standard InChI is InChI=1S/C13H22N6O3/c1-4-17-9-10(15-12(17)16-14)19(7-6-8-22-3)13(21)18(5-2)11(9)20/h4-8,14H2,1-3H3,(H,15,16). The van der Waals surface area contributed by atoms with E-state index in [0.29, 0.717) is 49.8 Å². The van der Waals surface area contributed by atoms with Crippen molar-refractivity contribution < 1.29 is 4.74 Å². The number of ether oxygens (including phenoxy) is 1. The largest absolute Gasteiger partial charge is 0.385 e. The number of hydrazine groups is 1. The van der Waals surface area contributed by atoms with Crippen LogP contribution in [0.15, 0.2) is 9.59 Å². The Balaban J connectivity index is 2.79. The highest BCUT2D eigenvalue weighted by atomic mass is 16.5. The van der Waals surface area contributed by atoms with Gasteiger partial charge in [-0.25, -0.2) is 10.6 Å². The summed E-state index contributed by atoms with van der Waals surface area (Å²) in [4.78, 5) is 29.4. The molecule has 0 saturated carbocycles. The Bertz CT molecular complexity index is 773. The van der Waals surface area contributed by atoms with Gasteiger partial charge in [0.1, 0.15) is 0 Å². The lowest BCUT2D eigenvalue weighted by atomic mass is 10.4. The molecule has 0 atom stereocenters. The Hall–Kier alpha value is -2.13. The number of anilines is 1. The van der Waals surface area contributed by atoms with Gasteiger partial charge in [0.2, 0.25) is 5.95 Å². The molecule has 2 aromatic rings. The van der Waals surface area contributed by atoms with Crippen LogP contribution < -0.4 is 22.5 Å². The summed E-state index contributed by atoms with van der Waals surface area (Å²) in [6, 6.07) is 0. The van der Waals surface area contributed by atoms with Gasteiger partial charge in [0, 0.05) is 33.4 Å². The van der Waals surface area contributed by atoms with E-state index in [2.05, 4.69) is 10.4 Å². The second-order valence-electron chi connectivity index (χ2n) is 4.83. The zero-order chi connectivity index (χ0) is 16.3. The number of hydrogen-bond donors (Lipinski definition) is 2. The number of nitrogens with one attached hydrogen (secondary N) is 1. The minimum absolute atomic E-state index is 0.304. The van der Waals surface area contributed by atoms with Gasteiger partial charge in [-0.15, -0.1) is 0 Å². The van der Waals surface area contributed by atoms with Crippen molar-refractivity contribution in [2.75, 3.05) is 19.1 Å². The minimum atomic E-state index is -0.361. The molecule has 0 unspecified atom stereocenters. The third-order valence-corrected chi connectivity index (χ3v) is 3.61. The molecule has 122 valence electrons. The molecular formula is C13H22N6O3. The molecule has 9 nitrogen and oxygen atoms in total. The SMILES string of the molecule is CCn1c(=O)c2c(nc(NN)n2CC)n(CCCOC)c1=O. The summed E-state index contributed by atoms with van der Waals surface area (Å²) in [7, 11) is 1.60. The predicted molar refractivity (Wildman–Crippen MR) is 83.9 cm³/mol. The first-order valence-electron chi connectivity index (χ1n) is 7.30. The van der Waals surface area contributed by atoms with Crippen LogP contribution >= 0.6 is 0 Å². The molecule has 2 aromatic heterocycles. The number of nitrogens with zero attached hydrogens (tertiary/aromatic N) is 4. The van der Waals surface area contributed by atoms with Crippen molar-refractivity contribution in [1.82, 2.24) is 18.7 Å². The molecule has 0 aliphatic carbocycles. The summed E-state index contributed by atoms with van der Waals surface area (Å²) in [5.41, 5.74) is 2.51. The molecule has 22 heavy (non-hydrogen) atoms. The molecule has 0 aromatic carbocycles. The van der Waals surface area contributed by atoms with Crippen LogP contribution in [0.25, 0.3) is 11.2 Å². The van der Waals surface area contributed by atoms with Crippen LogP contribution in [0.1, 0.15) is 20.3 Å². The number of rotatable bonds is 7. The Labute approximate surface area is 127 Å². The molecule has 0 bridgehead atoms. The highest BCUT2D eigenvalue weighted by Gasteiger charge is 2.19. The van der Waals surface area contributed by atoms with Gasteiger partial charge < -0.3 is 9.30 Å². The highest BCUT2D eigenvalue weighted by molar-refractivity contribution is 5.74. The molecule has 9 heteroatoms. The maximum Gasteiger partial charge on any atom is 0.332 e. The van der Waals surface area contributed by atoms with Crippen LogP contribution in [-0.2, 0) is 24.4 Å². The van der Waals surface area contributed by atoms with Crippen molar-refractivity contribution in [2.45, 2.75) is 39.9 Å². The fourth-order valence-electron chi connectivity index (χ4n) is 2.56. The maximum atomic E-state index is 12.6. The number of aryl methyl sites for hydroxylation is 2. The van der Waals surface area contributed by atoms with Gasteiger partial charge in [-0.05, 0) is 20.3 Å². The summed E-state index contributed by atoms with van der Waals surface area (Å²) in [6.07, 6.45) is 0.651. The number of nitrogen functional groups attached to an aromatic ring is 1. The summed E-state index contributed by atoms with van der Waals surface area (Å²) >= 11 is 0. The van der Waals surface area contributed by atoms with Crippen LogP contribution in [0.2, 0.25) is 0 Å². The Morgan fingerprint density at radius 3 is 2.41 bits per heavy atom. The average molecular weight is 310 g/mol. The molecule has 2 rings (SSSR count). The van der Waals surface area contributed by atoms with E-state index in [1.807, 2.05) is 6.92 Å². The third kappa shape index (κ3) is 2.53. The van der Waals surface area contributed by atoms with E-state index < -0.39 is 0 Å². The number of aromatic nitrogens is 4.